The first-order chi connectivity index (χ1) is 14.1. The van der Waals surface area contributed by atoms with Crippen molar-refractivity contribution in [3.63, 3.8) is 0 Å². The zero-order valence-electron chi connectivity index (χ0n) is 19.9. The van der Waals surface area contributed by atoms with Gasteiger partial charge in [-0.3, -0.25) is 14.4 Å². The Labute approximate surface area is 182 Å². The Morgan fingerprint density at radius 1 is 0.500 bits per heavy atom. The molecule has 9 nitrogen and oxygen atoms in total. The van der Waals surface area contributed by atoms with E-state index in [4.69, 9.17) is 0 Å². The van der Waals surface area contributed by atoms with Crippen molar-refractivity contribution < 1.29 is 14.4 Å². The molecule has 0 spiro atoms. The topological polar surface area (TPSA) is 70.7 Å². The summed E-state index contributed by atoms with van der Waals surface area (Å²) in [5.74, 6) is 0.408. The van der Waals surface area contributed by atoms with E-state index < -0.39 is 0 Å². The van der Waals surface area contributed by atoms with Crippen LogP contribution >= 0.6 is 0 Å². The van der Waals surface area contributed by atoms with Crippen LogP contribution in [0.5, 0.6) is 0 Å². The molecule has 0 aromatic heterocycles. The highest BCUT2D eigenvalue weighted by molar-refractivity contribution is 5.76. The van der Waals surface area contributed by atoms with E-state index in [1.165, 1.54) is 0 Å². The van der Waals surface area contributed by atoms with E-state index >= 15 is 0 Å². The fourth-order valence-electron chi connectivity index (χ4n) is 3.29. The second kappa shape index (κ2) is 13.6. The number of amides is 3. The van der Waals surface area contributed by atoms with Gasteiger partial charge in [0.05, 0.1) is 0 Å². The van der Waals surface area contributed by atoms with Gasteiger partial charge in [0.15, 0.2) is 0 Å². The quantitative estimate of drug-likeness (QED) is 0.488. The molecule has 0 bridgehead atoms. The molecule has 0 unspecified atom stereocenters. The molecule has 0 aromatic carbocycles. The van der Waals surface area contributed by atoms with Gasteiger partial charge in [0, 0.05) is 120 Å². The highest BCUT2D eigenvalue weighted by Crippen LogP contribution is 2.05. The van der Waals surface area contributed by atoms with Gasteiger partial charge < -0.3 is 29.4 Å². The van der Waals surface area contributed by atoms with Crippen molar-refractivity contribution in [2.24, 2.45) is 0 Å². The Kier molecular flexibility index (Phi) is 11.9. The van der Waals surface area contributed by atoms with Crippen LogP contribution in [-0.2, 0) is 14.4 Å². The third kappa shape index (κ3) is 10.4. The summed E-state index contributed by atoms with van der Waals surface area (Å²) in [4.78, 5) is 47.9. The number of hydrogen-bond donors (Lipinski definition) is 0. The van der Waals surface area contributed by atoms with Crippen molar-refractivity contribution in [2.45, 2.75) is 19.3 Å². The van der Waals surface area contributed by atoms with E-state index in [-0.39, 0.29) is 17.7 Å². The van der Waals surface area contributed by atoms with Crippen LogP contribution in [0.1, 0.15) is 19.3 Å². The van der Waals surface area contributed by atoms with Crippen LogP contribution in [0.3, 0.4) is 0 Å². The minimum Gasteiger partial charge on any atom is -0.349 e. The van der Waals surface area contributed by atoms with Crippen LogP contribution in [0.25, 0.3) is 0 Å². The van der Waals surface area contributed by atoms with Gasteiger partial charge in [-0.25, -0.2) is 0 Å². The monoisotopic (exact) mass is 426 g/mol. The Hall–Kier alpha value is -1.71. The maximum atomic E-state index is 12.0. The molecular formula is C21H42N6O3. The molecule has 1 heterocycles. The predicted molar refractivity (Wildman–Crippen MR) is 119 cm³/mol. The first-order valence-electron chi connectivity index (χ1n) is 10.9. The number of rotatable bonds is 9. The van der Waals surface area contributed by atoms with Gasteiger partial charge in [-0.1, -0.05) is 0 Å². The normalized spacial score (nSPS) is 17.0. The van der Waals surface area contributed by atoms with Gasteiger partial charge in [0.1, 0.15) is 0 Å². The molecule has 0 N–H and O–H groups in total. The second-order valence-corrected chi connectivity index (χ2v) is 8.64. The van der Waals surface area contributed by atoms with Gasteiger partial charge in [-0.15, -0.1) is 0 Å². The molecule has 3 amide bonds. The predicted octanol–water partition coefficient (Wildman–Crippen LogP) is -0.659. The summed E-state index contributed by atoms with van der Waals surface area (Å²) < 4.78 is 0. The lowest BCUT2D eigenvalue weighted by Gasteiger charge is -2.26. The first kappa shape index (κ1) is 26.3. The van der Waals surface area contributed by atoms with Gasteiger partial charge >= 0.3 is 0 Å². The van der Waals surface area contributed by atoms with Crippen molar-refractivity contribution in [1.29, 1.82) is 0 Å². The molecule has 1 saturated heterocycles. The van der Waals surface area contributed by atoms with E-state index in [2.05, 4.69) is 14.7 Å². The van der Waals surface area contributed by atoms with Crippen LogP contribution in [0.2, 0.25) is 0 Å². The summed E-state index contributed by atoms with van der Waals surface area (Å²) in [6, 6.07) is 0. The molecule has 0 atom stereocenters. The molecule has 1 fully saturated rings. The van der Waals surface area contributed by atoms with Crippen LogP contribution in [0.15, 0.2) is 0 Å². The lowest BCUT2D eigenvalue weighted by atomic mass is 10.3. The maximum absolute atomic E-state index is 12.0. The number of carbonyl (C=O) groups excluding carboxylic acids is 3. The molecule has 1 rings (SSSR count). The van der Waals surface area contributed by atoms with Crippen molar-refractivity contribution in [1.82, 2.24) is 29.4 Å². The third-order valence-electron chi connectivity index (χ3n) is 5.62. The van der Waals surface area contributed by atoms with Gasteiger partial charge in [0.2, 0.25) is 17.7 Å². The fraction of sp³-hybridized carbons (Fsp3) is 0.857. The molecule has 174 valence electrons. The number of nitrogens with zero attached hydrogens (tertiary/aromatic N) is 6. The fourth-order valence-corrected chi connectivity index (χ4v) is 3.29. The Morgan fingerprint density at radius 3 is 0.867 bits per heavy atom. The summed E-state index contributed by atoms with van der Waals surface area (Å²) in [5.41, 5.74) is 0. The maximum Gasteiger partial charge on any atom is 0.223 e. The minimum absolute atomic E-state index is 0.136. The lowest BCUT2D eigenvalue weighted by molar-refractivity contribution is -0.129. The Bertz CT molecular complexity index is 465. The average Bonchev–Trinajstić information content (AvgIpc) is 2.78. The van der Waals surface area contributed by atoms with E-state index in [1.54, 1.807) is 57.0 Å². The summed E-state index contributed by atoms with van der Waals surface area (Å²) >= 11 is 0. The van der Waals surface area contributed by atoms with Crippen molar-refractivity contribution in [3.05, 3.63) is 0 Å². The molecule has 1 aliphatic heterocycles. The zero-order valence-corrected chi connectivity index (χ0v) is 19.9. The van der Waals surface area contributed by atoms with Gasteiger partial charge in [-0.05, 0) is 0 Å². The molecule has 9 heteroatoms. The summed E-state index contributed by atoms with van der Waals surface area (Å²) in [6.07, 6.45) is 1.52. The third-order valence-corrected chi connectivity index (χ3v) is 5.62. The lowest BCUT2D eigenvalue weighted by Crippen LogP contribution is -2.39. The Balaban J connectivity index is 2.71. The summed E-state index contributed by atoms with van der Waals surface area (Å²) in [6.45, 7) is 7.44. The molecule has 0 saturated carbocycles. The van der Waals surface area contributed by atoms with Crippen molar-refractivity contribution in [2.75, 3.05) is 101 Å². The van der Waals surface area contributed by atoms with Crippen molar-refractivity contribution >= 4 is 17.7 Å². The molecule has 1 aliphatic rings. The van der Waals surface area contributed by atoms with Crippen LogP contribution in [0, 0.1) is 0 Å². The van der Waals surface area contributed by atoms with E-state index in [1.807, 2.05) is 0 Å². The molecular weight excluding hydrogens is 384 g/mol. The van der Waals surface area contributed by atoms with Crippen LogP contribution < -0.4 is 0 Å². The summed E-state index contributed by atoms with van der Waals surface area (Å²) in [5, 5.41) is 0. The highest BCUT2D eigenvalue weighted by Gasteiger charge is 2.19. The largest absolute Gasteiger partial charge is 0.349 e. The molecule has 30 heavy (non-hydrogen) atoms. The van der Waals surface area contributed by atoms with Crippen LogP contribution in [0.4, 0.5) is 0 Å². The zero-order chi connectivity index (χ0) is 22.7. The van der Waals surface area contributed by atoms with Crippen molar-refractivity contribution in [3.8, 4) is 0 Å². The average molecular weight is 427 g/mol. The standard InChI is InChI=1S/C21H42N6O3/c1-22(2)19(28)7-10-25-13-15-26(11-8-20(29)23(3)4)17-18-27(16-14-25)12-9-21(30)24(5)6/h7-18H2,1-6H3. The second-order valence-electron chi connectivity index (χ2n) is 8.64. The van der Waals surface area contributed by atoms with Gasteiger partial charge in [-0.2, -0.15) is 0 Å². The smallest absolute Gasteiger partial charge is 0.223 e. The molecule has 0 aromatic rings. The number of carbonyl (C=O) groups is 3. The SMILES string of the molecule is CN(C)C(=O)CCN1CCN(CCC(=O)N(C)C)CCN(CCC(=O)N(C)C)CC1. The highest BCUT2D eigenvalue weighted by atomic mass is 16.2. The van der Waals surface area contributed by atoms with E-state index in [9.17, 15) is 14.4 Å². The van der Waals surface area contributed by atoms with E-state index in [0.717, 1.165) is 58.9 Å². The summed E-state index contributed by atoms with van der Waals surface area (Å²) in [7, 11) is 10.7. The molecule has 0 radical (unpaired) electrons. The van der Waals surface area contributed by atoms with Gasteiger partial charge in [0.25, 0.3) is 0 Å². The molecule has 0 aliphatic carbocycles. The minimum atomic E-state index is 0.136. The first-order valence-corrected chi connectivity index (χ1v) is 10.9. The number of hydrogen-bond acceptors (Lipinski definition) is 6. The Morgan fingerprint density at radius 2 is 0.700 bits per heavy atom. The van der Waals surface area contributed by atoms with Crippen LogP contribution in [-0.4, -0.2) is 148 Å². The van der Waals surface area contributed by atoms with E-state index in [0.29, 0.717) is 19.3 Å².